The molecule has 6 nitrogen and oxygen atoms in total. The van der Waals surface area contributed by atoms with E-state index in [2.05, 4.69) is 0 Å². The Hall–Kier alpha value is -2.83. The van der Waals surface area contributed by atoms with E-state index in [0.29, 0.717) is 35.7 Å². The maximum atomic E-state index is 14.0. The first-order chi connectivity index (χ1) is 17.7. The van der Waals surface area contributed by atoms with E-state index in [4.69, 9.17) is 20.8 Å². The molecule has 1 N–H and O–H groups in total. The van der Waals surface area contributed by atoms with E-state index >= 15 is 0 Å². The molecule has 3 aromatic rings. The number of carbonyl (C=O) groups is 1. The zero-order valence-electron chi connectivity index (χ0n) is 21.6. The van der Waals surface area contributed by atoms with Crippen LogP contribution in [0.1, 0.15) is 68.7 Å². The summed E-state index contributed by atoms with van der Waals surface area (Å²) in [6.07, 6.45) is 4.08. The number of ether oxygens (including phenoxy) is 1. The van der Waals surface area contributed by atoms with E-state index in [1.807, 2.05) is 55.1 Å². The number of nitrogens with zero attached hydrogens (tertiary/aromatic N) is 1. The molecule has 1 aliphatic carbocycles. The van der Waals surface area contributed by atoms with Gasteiger partial charge >= 0.3 is 5.63 Å². The van der Waals surface area contributed by atoms with Crippen molar-refractivity contribution in [1.29, 1.82) is 0 Å². The van der Waals surface area contributed by atoms with Gasteiger partial charge in [0.25, 0.3) is 5.91 Å². The summed E-state index contributed by atoms with van der Waals surface area (Å²) in [5.74, 6) is 0.358. The Morgan fingerprint density at radius 1 is 1.22 bits per heavy atom. The number of aryl methyl sites for hydroxylation is 2. The van der Waals surface area contributed by atoms with Gasteiger partial charge in [0, 0.05) is 23.6 Å². The van der Waals surface area contributed by atoms with Gasteiger partial charge in [-0.2, -0.15) is 0 Å². The minimum atomic E-state index is -0.774. The molecule has 196 valence electrons. The number of rotatable bonds is 5. The summed E-state index contributed by atoms with van der Waals surface area (Å²) in [5.41, 5.74) is 1.97. The number of hydrogen-bond donors (Lipinski definition) is 1. The number of halogens is 1. The molecule has 1 aliphatic heterocycles. The van der Waals surface area contributed by atoms with Crippen molar-refractivity contribution in [1.82, 2.24) is 4.90 Å². The predicted octanol–water partition coefficient (Wildman–Crippen LogP) is 5.98. The van der Waals surface area contributed by atoms with Gasteiger partial charge in [0.05, 0.1) is 17.0 Å². The van der Waals surface area contributed by atoms with Crippen molar-refractivity contribution in [2.24, 2.45) is 5.92 Å². The Morgan fingerprint density at radius 3 is 2.70 bits per heavy atom. The van der Waals surface area contributed by atoms with E-state index in [-0.39, 0.29) is 17.9 Å². The molecule has 1 amide bonds. The van der Waals surface area contributed by atoms with E-state index in [1.165, 1.54) is 6.07 Å². The third-order valence-electron chi connectivity index (χ3n) is 8.13. The van der Waals surface area contributed by atoms with Crippen molar-refractivity contribution in [2.75, 3.05) is 6.54 Å². The Morgan fingerprint density at radius 2 is 1.97 bits per heavy atom. The van der Waals surface area contributed by atoms with Gasteiger partial charge in [0.1, 0.15) is 11.3 Å². The van der Waals surface area contributed by atoms with Crippen LogP contribution in [-0.2, 0) is 11.2 Å². The zero-order valence-corrected chi connectivity index (χ0v) is 22.4. The molecule has 0 spiro atoms. The summed E-state index contributed by atoms with van der Waals surface area (Å²) in [7, 11) is 0. The highest BCUT2D eigenvalue weighted by Crippen LogP contribution is 2.49. The fourth-order valence-electron chi connectivity index (χ4n) is 6.32. The third kappa shape index (κ3) is 4.89. The molecule has 2 heterocycles. The number of benzene rings is 2. The lowest BCUT2D eigenvalue weighted by Gasteiger charge is -2.53. The van der Waals surface area contributed by atoms with Gasteiger partial charge in [-0.05, 0) is 80.5 Å². The van der Waals surface area contributed by atoms with Crippen LogP contribution in [0.25, 0.3) is 11.0 Å². The zero-order chi connectivity index (χ0) is 26.3. The molecule has 2 aliphatic rings. The molecule has 0 unspecified atom stereocenters. The number of amides is 1. The molecule has 0 bridgehead atoms. The molecular weight excluding hydrogens is 490 g/mol. The minimum Gasteiger partial charge on any atom is -0.480 e. The van der Waals surface area contributed by atoms with Crippen molar-refractivity contribution in [3.05, 3.63) is 74.6 Å². The van der Waals surface area contributed by atoms with Crippen LogP contribution in [0.4, 0.5) is 0 Å². The molecule has 1 saturated carbocycles. The van der Waals surface area contributed by atoms with Crippen LogP contribution in [0.15, 0.2) is 51.7 Å². The van der Waals surface area contributed by atoms with E-state index in [0.717, 1.165) is 47.8 Å². The van der Waals surface area contributed by atoms with Crippen molar-refractivity contribution >= 4 is 28.5 Å². The fourth-order valence-corrected chi connectivity index (χ4v) is 6.44. The first-order valence-corrected chi connectivity index (χ1v) is 13.6. The van der Waals surface area contributed by atoms with Crippen LogP contribution >= 0.6 is 11.6 Å². The van der Waals surface area contributed by atoms with Crippen molar-refractivity contribution in [3.8, 4) is 5.75 Å². The predicted molar refractivity (Wildman–Crippen MR) is 144 cm³/mol. The van der Waals surface area contributed by atoms with Crippen LogP contribution in [-0.4, -0.2) is 34.2 Å². The number of piperidine rings is 1. The summed E-state index contributed by atoms with van der Waals surface area (Å²) in [4.78, 5) is 27.9. The number of likely N-dealkylation sites (tertiary alicyclic amines) is 1. The van der Waals surface area contributed by atoms with E-state index in [9.17, 15) is 14.7 Å². The van der Waals surface area contributed by atoms with Gasteiger partial charge in [-0.15, -0.1) is 0 Å². The molecule has 7 heteroatoms. The molecule has 1 saturated heterocycles. The highest BCUT2D eigenvalue weighted by atomic mass is 35.5. The first-order valence-electron chi connectivity index (χ1n) is 13.2. The average Bonchev–Trinajstić information content (AvgIpc) is 2.87. The number of fused-ring (bicyclic) bond motifs is 2. The molecule has 4 atom stereocenters. The van der Waals surface area contributed by atoms with Gasteiger partial charge < -0.3 is 19.2 Å². The Bertz CT molecular complexity index is 1370. The minimum absolute atomic E-state index is 0.0481. The van der Waals surface area contributed by atoms with Gasteiger partial charge in [-0.3, -0.25) is 4.79 Å². The second-order valence-electron chi connectivity index (χ2n) is 10.6. The summed E-state index contributed by atoms with van der Waals surface area (Å²) in [6, 6.07) is 12.5. The summed E-state index contributed by atoms with van der Waals surface area (Å²) in [6.45, 7) is 6.10. The number of carbonyl (C=O) groups excluding carboxylic acids is 1. The highest BCUT2D eigenvalue weighted by Gasteiger charge is 2.50. The molecule has 2 aromatic carbocycles. The van der Waals surface area contributed by atoms with Crippen LogP contribution in [0, 0.1) is 12.8 Å². The summed E-state index contributed by atoms with van der Waals surface area (Å²) in [5, 5.41) is 12.9. The maximum Gasteiger partial charge on any atom is 0.336 e. The van der Waals surface area contributed by atoms with Gasteiger partial charge in [-0.25, -0.2) is 4.79 Å². The van der Waals surface area contributed by atoms with Crippen LogP contribution in [0.2, 0.25) is 5.02 Å². The van der Waals surface area contributed by atoms with Crippen molar-refractivity contribution in [3.63, 3.8) is 0 Å². The Kier molecular flexibility index (Phi) is 7.08. The Labute approximate surface area is 222 Å². The van der Waals surface area contributed by atoms with Gasteiger partial charge in [-0.1, -0.05) is 43.5 Å². The lowest BCUT2D eigenvalue weighted by molar-refractivity contribution is -0.161. The van der Waals surface area contributed by atoms with Gasteiger partial charge in [0.2, 0.25) is 0 Å². The monoisotopic (exact) mass is 523 g/mol. The molecule has 37 heavy (non-hydrogen) atoms. The van der Waals surface area contributed by atoms with E-state index in [1.54, 1.807) is 6.92 Å². The number of hydrogen-bond acceptors (Lipinski definition) is 5. The molecule has 5 rings (SSSR count). The summed E-state index contributed by atoms with van der Waals surface area (Å²) < 4.78 is 11.8. The lowest BCUT2D eigenvalue weighted by Crippen LogP contribution is -2.58. The van der Waals surface area contributed by atoms with Crippen LogP contribution < -0.4 is 10.4 Å². The largest absolute Gasteiger partial charge is 0.480 e. The van der Waals surface area contributed by atoms with Crippen LogP contribution in [0.5, 0.6) is 5.75 Å². The third-order valence-corrected chi connectivity index (χ3v) is 8.38. The van der Waals surface area contributed by atoms with E-state index < -0.39 is 17.3 Å². The average molecular weight is 524 g/mol. The van der Waals surface area contributed by atoms with Gasteiger partial charge in [0.15, 0.2) is 6.10 Å². The standard InChI is InChI=1S/C30H34ClNO5/c1-4-20-17-26(33)37-25-16-18(2)15-24(27(20)25)36-19(3)29(34)32-14-13-30(35)12-6-5-7-23(30)28(32)21-8-10-22(31)11-9-21/h8-11,15-17,19,23,28,35H,4-7,12-14H2,1-3H3/t19-,23-,28+,30+/m1/s1. The first kappa shape index (κ1) is 25.8. The second kappa shape index (κ2) is 10.1. The number of aliphatic hydroxyl groups is 1. The summed E-state index contributed by atoms with van der Waals surface area (Å²) >= 11 is 6.17. The fraction of sp³-hybridized carbons (Fsp3) is 0.467. The lowest BCUT2D eigenvalue weighted by atomic mass is 9.66. The second-order valence-corrected chi connectivity index (χ2v) is 11.0. The van der Waals surface area contributed by atoms with Crippen molar-refractivity contribution < 1.29 is 19.1 Å². The molecule has 1 aromatic heterocycles. The van der Waals surface area contributed by atoms with Crippen molar-refractivity contribution in [2.45, 2.75) is 77.0 Å². The topological polar surface area (TPSA) is 80.0 Å². The molecule has 2 fully saturated rings. The quantitative estimate of drug-likeness (QED) is 0.416. The Balaban J connectivity index is 1.49. The maximum absolute atomic E-state index is 14.0. The molecular formula is C30H34ClNO5. The highest BCUT2D eigenvalue weighted by molar-refractivity contribution is 6.30. The van der Waals surface area contributed by atoms with Crippen LogP contribution in [0.3, 0.4) is 0 Å². The SMILES string of the molecule is CCc1cc(=O)oc2cc(C)cc(O[C@H](C)C(=O)N3CC[C@@]4(O)CCCC[C@@H]4[C@@H]3c3ccc(Cl)cc3)c12. The smallest absolute Gasteiger partial charge is 0.336 e. The molecule has 0 radical (unpaired) electrons. The normalized spacial score (nSPS) is 24.5.